The number of ether oxygens (including phenoxy) is 1. The molecule has 0 atom stereocenters. The second kappa shape index (κ2) is 7.92. The molecule has 0 spiro atoms. The molecular weight excluding hydrogens is 370 g/mol. The number of aromatic nitrogens is 2. The van der Waals surface area contributed by atoms with Crippen molar-refractivity contribution >= 4 is 39.9 Å². The fourth-order valence-electron chi connectivity index (χ4n) is 2.38. The Labute approximate surface area is 160 Å². The van der Waals surface area contributed by atoms with Crippen LogP contribution in [0.4, 0.5) is 10.8 Å². The summed E-state index contributed by atoms with van der Waals surface area (Å²) in [6.45, 7) is 5.90. The lowest BCUT2D eigenvalue weighted by Gasteiger charge is -2.08. The molecule has 0 aliphatic carbocycles. The van der Waals surface area contributed by atoms with Crippen LogP contribution in [0, 0.1) is 20.8 Å². The first-order valence-corrected chi connectivity index (χ1v) is 9.75. The Morgan fingerprint density at radius 1 is 1.31 bits per heavy atom. The Balaban J connectivity index is 1.64. The average molecular weight is 390 g/mol. The van der Waals surface area contributed by atoms with Gasteiger partial charge in [0.15, 0.2) is 4.34 Å². The predicted molar refractivity (Wildman–Crippen MR) is 103 cm³/mol. The van der Waals surface area contributed by atoms with Crippen LogP contribution in [0.3, 0.4) is 0 Å². The second-order valence-electron chi connectivity index (χ2n) is 5.71. The van der Waals surface area contributed by atoms with Crippen LogP contribution in [0.25, 0.3) is 0 Å². The minimum absolute atomic E-state index is 0.390. The van der Waals surface area contributed by atoms with Crippen molar-refractivity contribution in [2.24, 2.45) is 0 Å². The molecule has 0 aliphatic heterocycles. The zero-order valence-electron chi connectivity index (χ0n) is 15.0. The molecule has 0 radical (unpaired) electrons. The first kappa shape index (κ1) is 18.5. The van der Waals surface area contributed by atoms with Gasteiger partial charge in [0.1, 0.15) is 17.1 Å². The van der Waals surface area contributed by atoms with E-state index < -0.39 is 5.97 Å². The topological polar surface area (TPSA) is 77.2 Å². The van der Waals surface area contributed by atoms with E-state index in [9.17, 15) is 4.79 Å². The van der Waals surface area contributed by atoms with Gasteiger partial charge < -0.3 is 14.5 Å². The molecule has 0 aliphatic rings. The van der Waals surface area contributed by atoms with Gasteiger partial charge in [-0.15, -0.1) is 10.2 Å². The molecule has 1 N–H and O–H groups in total. The molecule has 0 fully saturated rings. The maximum Gasteiger partial charge on any atom is 0.341 e. The number of furan rings is 1. The van der Waals surface area contributed by atoms with E-state index in [0.717, 1.165) is 15.2 Å². The predicted octanol–water partition coefficient (Wildman–Crippen LogP) is 4.88. The number of hydrogen-bond acceptors (Lipinski definition) is 8. The third-order valence-electron chi connectivity index (χ3n) is 3.96. The molecule has 26 heavy (non-hydrogen) atoms. The van der Waals surface area contributed by atoms with Crippen LogP contribution in [0.5, 0.6) is 0 Å². The quantitative estimate of drug-likeness (QED) is 0.475. The number of carbonyl (C=O) groups is 1. The van der Waals surface area contributed by atoms with E-state index in [1.165, 1.54) is 41.3 Å². The summed E-state index contributed by atoms with van der Waals surface area (Å²) >= 11 is 2.99. The van der Waals surface area contributed by atoms with E-state index in [2.05, 4.69) is 35.4 Å². The van der Waals surface area contributed by atoms with Gasteiger partial charge >= 0.3 is 5.97 Å². The summed E-state index contributed by atoms with van der Waals surface area (Å²) < 4.78 is 11.2. The van der Waals surface area contributed by atoms with Crippen molar-refractivity contribution in [2.45, 2.75) is 30.9 Å². The normalized spacial score (nSPS) is 10.8. The van der Waals surface area contributed by atoms with Gasteiger partial charge in [-0.3, -0.25) is 0 Å². The lowest BCUT2D eigenvalue weighted by Crippen LogP contribution is -2.00. The van der Waals surface area contributed by atoms with E-state index in [4.69, 9.17) is 9.15 Å². The summed E-state index contributed by atoms with van der Waals surface area (Å²) in [4.78, 5) is 11.6. The number of aryl methyl sites for hydroxylation is 2. The molecular formula is C18H19N3O3S2. The number of anilines is 2. The number of hydrogen-bond donors (Lipinski definition) is 1. The number of carbonyl (C=O) groups excluding carboxylic acids is 1. The van der Waals surface area contributed by atoms with Crippen molar-refractivity contribution in [1.29, 1.82) is 0 Å². The Morgan fingerprint density at radius 2 is 2.12 bits per heavy atom. The second-order valence-corrected chi connectivity index (χ2v) is 7.91. The minimum atomic E-state index is -0.390. The van der Waals surface area contributed by atoms with Gasteiger partial charge in [-0.25, -0.2) is 4.79 Å². The van der Waals surface area contributed by atoms with Gasteiger partial charge in [0.2, 0.25) is 5.13 Å². The third-order valence-corrected chi connectivity index (χ3v) is 5.96. The summed E-state index contributed by atoms with van der Waals surface area (Å²) in [6, 6.07) is 7.83. The molecule has 8 heteroatoms. The van der Waals surface area contributed by atoms with Crippen LogP contribution in [0.1, 0.15) is 33.0 Å². The SMILES string of the molecule is COC(=O)c1cc(CSc2nnc(Nc3cccc(C)c3C)s2)oc1C. The van der Waals surface area contributed by atoms with Crippen molar-refractivity contribution in [1.82, 2.24) is 10.2 Å². The molecule has 0 bridgehead atoms. The average Bonchev–Trinajstić information content (AvgIpc) is 3.23. The number of esters is 1. The number of nitrogens with one attached hydrogen (secondary N) is 1. The minimum Gasteiger partial charge on any atom is -0.465 e. The van der Waals surface area contributed by atoms with Gasteiger partial charge in [-0.05, 0) is 44.0 Å². The third kappa shape index (κ3) is 4.08. The molecule has 1 aromatic carbocycles. The van der Waals surface area contributed by atoms with Crippen LogP contribution in [0.15, 0.2) is 33.0 Å². The number of thioether (sulfide) groups is 1. The molecule has 3 rings (SSSR count). The Bertz CT molecular complexity index is 934. The van der Waals surface area contributed by atoms with Crippen LogP contribution < -0.4 is 5.32 Å². The van der Waals surface area contributed by atoms with Gasteiger partial charge in [-0.1, -0.05) is 35.2 Å². The number of nitrogens with zero attached hydrogens (tertiary/aromatic N) is 2. The van der Waals surface area contributed by atoms with Crippen LogP contribution in [-0.2, 0) is 10.5 Å². The highest BCUT2D eigenvalue weighted by molar-refractivity contribution is 8.00. The molecule has 0 saturated carbocycles. The monoisotopic (exact) mass is 389 g/mol. The van der Waals surface area contributed by atoms with E-state index in [-0.39, 0.29) is 0 Å². The zero-order valence-corrected chi connectivity index (χ0v) is 16.6. The largest absolute Gasteiger partial charge is 0.465 e. The molecule has 3 aromatic rings. The first-order chi connectivity index (χ1) is 12.5. The summed E-state index contributed by atoms with van der Waals surface area (Å²) in [6.07, 6.45) is 0. The van der Waals surface area contributed by atoms with E-state index in [1.807, 2.05) is 12.1 Å². The fraction of sp³-hybridized carbons (Fsp3) is 0.278. The van der Waals surface area contributed by atoms with Crippen molar-refractivity contribution in [2.75, 3.05) is 12.4 Å². The summed E-state index contributed by atoms with van der Waals surface area (Å²) in [5.41, 5.74) is 3.90. The lowest BCUT2D eigenvalue weighted by atomic mass is 10.1. The van der Waals surface area contributed by atoms with Crippen molar-refractivity contribution in [3.8, 4) is 0 Å². The summed E-state index contributed by atoms with van der Waals surface area (Å²) in [5.74, 6) is 1.43. The van der Waals surface area contributed by atoms with Crippen LogP contribution in [0.2, 0.25) is 0 Å². The fourth-order valence-corrected chi connectivity index (χ4v) is 4.03. The van der Waals surface area contributed by atoms with Crippen molar-refractivity contribution in [3.63, 3.8) is 0 Å². The van der Waals surface area contributed by atoms with Crippen LogP contribution >= 0.6 is 23.1 Å². The molecule has 2 heterocycles. The Kier molecular flexibility index (Phi) is 5.63. The van der Waals surface area contributed by atoms with Gasteiger partial charge in [-0.2, -0.15) is 0 Å². The van der Waals surface area contributed by atoms with Gasteiger partial charge in [0.05, 0.1) is 12.9 Å². The highest BCUT2D eigenvalue weighted by Crippen LogP contribution is 2.32. The summed E-state index contributed by atoms with van der Waals surface area (Å²) in [5, 5.41) is 12.4. The lowest BCUT2D eigenvalue weighted by molar-refractivity contribution is 0.0599. The van der Waals surface area contributed by atoms with E-state index >= 15 is 0 Å². The number of rotatable bonds is 6. The molecule has 0 unspecified atom stereocenters. The maximum absolute atomic E-state index is 11.6. The van der Waals surface area contributed by atoms with E-state index in [1.54, 1.807) is 13.0 Å². The zero-order chi connectivity index (χ0) is 18.7. The highest BCUT2D eigenvalue weighted by Gasteiger charge is 2.16. The smallest absolute Gasteiger partial charge is 0.341 e. The molecule has 0 saturated heterocycles. The van der Waals surface area contributed by atoms with Crippen molar-refractivity contribution in [3.05, 3.63) is 52.5 Å². The Hall–Kier alpha value is -2.32. The van der Waals surface area contributed by atoms with Crippen molar-refractivity contribution < 1.29 is 13.9 Å². The highest BCUT2D eigenvalue weighted by atomic mass is 32.2. The standard InChI is InChI=1S/C18H19N3O3S2/c1-10-6-5-7-15(11(10)2)19-17-20-21-18(26-17)25-9-13-8-14(12(3)24-13)16(22)23-4/h5-8H,9H2,1-4H3,(H,19,20). The maximum atomic E-state index is 11.6. The molecule has 0 amide bonds. The molecule has 6 nitrogen and oxygen atoms in total. The van der Waals surface area contributed by atoms with Gasteiger partial charge in [0.25, 0.3) is 0 Å². The number of methoxy groups -OCH3 is 1. The first-order valence-electron chi connectivity index (χ1n) is 7.95. The van der Waals surface area contributed by atoms with Gasteiger partial charge in [0, 0.05) is 5.69 Å². The van der Waals surface area contributed by atoms with E-state index in [0.29, 0.717) is 22.8 Å². The molecule has 2 aromatic heterocycles. The molecule has 136 valence electrons. The van der Waals surface area contributed by atoms with Crippen LogP contribution in [-0.4, -0.2) is 23.3 Å². The Morgan fingerprint density at radius 3 is 2.88 bits per heavy atom. The summed E-state index contributed by atoms with van der Waals surface area (Å²) in [7, 11) is 1.36. The number of benzene rings is 1.